The predicted molar refractivity (Wildman–Crippen MR) is 72.7 cm³/mol. The first kappa shape index (κ1) is 13.1. The summed E-state index contributed by atoms with van der Waals surface area (Å²) >= 11 is 0. The molecule has 1 heterocycles. The molecule has 2 atom stereocenters. The Morgan fingerprint density at radius 1 is 1.39 bits per heavy atom. The van der Waals surface area contributed by atoms with Gasteiger partial charge in [-0.05, 0) is 6.92 Å². The first-order valence-corrected chi connectivity index (χ1v) is 8.09. The smallest absolute Gasteiger partial charge is 0.306 e. The number of carbonyl (C=O) groups excluding carboxylic acids is 1. The maximum Gasteiger partial charge on any atom is 0.306 e. The first-order chi connectivity index (χ1) is 8.66. The summed E-state index contributed by atoms with van der Waals surface area (Å²) in [6.45, 7) is 2.14. The van der Waals surface area contributed by atoms with Crippen molar-refractivity contribution in [3.8, 4) is 0 Å². The van der Waals surface area contributed by atoms with E-state index in [-0.39, 0.29) is 18.0 Å². The Kier molecular flexibility index (Phi) is 4.03. The van der Waals surface area contributed by atoms with Crippen molar-refractivity contribution >= 4 is 18.4 Å². The van der Waals surface area contributed by atoms with Crippen LogP contribution < -0.4 is 5.30 Å². The molecule has 0 spiro atoms. The van der Waals surface area contributed by atoms with E-state index in [0.29, 0.717) is 12.8 Å². The monoisotopic (exact) mass is 264 g/mol. The van der Waals surface area contributed by atoms with Crippen molar-refractivity contribution < 1.29 is 14.1 Å². The molecule has 4 heteroatoms. The maximum absolute atomic E-state index is 13.0. The summed E-state index contributed by atoms with van der Waals surface area (Å²) in [7, 11) is -2.52. The van der Waals surface area contributed by atoms with Crippen LogP contribution in [0.25, 0.3) is 0 Å². The van der Waals surface area contributed by atoms with Crippen molar-refractivity contribution in [1.29, 1.82) is 0 Å². The highest BCUT2D eigenvalue weighted by Crippen LogP contribution is 2.54. The highest BCUT2D eigenvalue weighted by atomic mass is 31.2. The lowest BCUT2D eigenvalue weighted by molar-refractivity contribution is -0.142. The van der Waals surface area contributed by atoms with Gasteiger partial charge in [0.05, 0.1) is 13.0 Å². The minimum absolute atomic E-state index is 0.205. The van der Waals surface area contributed by atoms with Crippen molar-refractivity contribution in [3.05, 3.63) is 42.5 Å². The topological polar surface area (TPSA) is 43.4 Å². The van der Waals surface area contributed by atoms with Gasteiger partial charge in [0.1, 0.15) is 7.14 Å². The van der Waals surface area contributed by atoms with E-state index in [0.717, 1.165) is 5.30 Å². The molecule has 1 aromatic rings. The van der Waals surface area contributed by atoms with E-state index in [4.69, 9.17) is 4.74 Å². The minimum Gasteiger partial charge on any atom is -0.466 e. The van der Waals surface area contributed by atoms with Crippen LogP contribution in [0.5, 0.6) is 0 Å². The van der Waals surface area contributed by atoms with Crippen LogP contribution in [0.3, 0.4) is 0 Å². The van der Waals surface area contributed by atoms with Crippen LogP contribution in [0.4, 0.5) is 0 Å². The fourth-order valence-corrected chi connectivity index (χ4v) is 5.05. The molecule has 0 radical (unpaired) electrons. The molecule has 0 bridgehead atoms. The van der Waals surface area contributed by atoms with E-state index in [1.165, 1.54) is 0 Å². The van der Waals surface area contributed by atoms with Crippen LogP contribution in [-0.2, 0) is 14.1 Å². The molecule has 0 aromatic heterocycles. The van der Waals surface area contributed by atoms with E-state index >= 15 is 0 Å². The summed E-state index contributed by atoms with van der Waals surface area (Å²) in [5, 5.41) is 0.851. The molecule has 0 saturated carbocycles. The second kappa shape index (κ2) is 5.53. The average molecular weight is 264 g/mol. The standard InChI is InChI=1S/C14H17O3P/c1-2-17-14(15)11-13-9-6-10-18(13,16)12-7-4-3-5-8-12/h3-9,13H,2,10-11H2,1H3/t13-,18+/m0/s1. The van der Waals surface area contributed by atoms with Gasteiger partial charge in [0.15, 0.2) is 0 Å². The summed E-state index contributed by atoms with van der Waals surface area (Å²) in [6.07, 6.45) is 4.56. The number of hydrogen-bond donors (Lipinski definition) is 0. The first-order valence-electron chi connectivity index (χ1n) is 6.13. The maximum atomic E-state index is 13.0. The molecule has 1 aliphatic rings. The van der Waals surface area contributed by atoms with Gasteiger partial charge in [0.25, 0.3) is 0 Å². The van der Waals surface area contributed by atoms with Gasteiger partial charge in [-0.2, -0.15) is 0 Å². The Labute approximate surface area is 107 Å². The van der Waals surface area contributed by atoms with Crippen LogP contribution >= 0.6 is 7.14 Å². The molecule has 96 valence electrons. The Balaban J connectivity index is 2.18. The van der Waals surface area contributed by atoms with Gasteiger partial charge in [0, 0.05) is 17.1 Å². The number of esters is 1. The number of carbonyl (C=O) groups is 1. The van der Waals surface area contributed by atoms with E-state index in [1.54, 1.807) is 6.92 Å². The zero-order chi connectivity index (χ0) is 13.0. The number of rotatable bonds is 4. The third kappa shape index (κ3) is 2.56. The number of hydrogen-bond acceptors (Lipinski definition) is 3. The molecule has 2 rings (SSSR count). The molecular formula is C14H17O3P. The van der Waals surface area contributed by atoms with Crippen LogP contribution in [-0.4, -0.2) is 24.4 Å². The minimum atomic E-state index is -2.52. The van der Waals surface area contributed by atoms with E-state index in [9.17, 15) is 9.36 Å². The molecule has 0 amide bonds. The quantitative estimate of drug-likeness (QED) is 0.477. The number of benzene rings is 1. The van der Waals surface area contributed by atoms with Gasteiger partial charge >= 0.3 is 5.97 Å². The highest BCUT2D eigenvalue weighted by Gasteiger charge is 2.37. The third-order valence-corrected chi connectivity index (χ3v) is 6.50. The van der Waals surface area contributed by atoms with Crippen LogP contribution in [0, 0.1) is 0 Å². The highest BCUT2D eigenvalue weighted by molar-refractivity contribution is 7.73. The lowest BCUT2D eigenvalue weighted by Crippen LogP contribution is -2.19. The fraction of sp³-hybridized carbons (Fsp3) is 0.357. The molecule has 18 heavy (non-hydrogen) atoms. The Hall–Kier alpha value is -1.34. The lowest BCUT2D eigenvalue weighted by Gasteiger charge is -2.20. The zero-order valence-corrected chi connectivity index (χ0v) is 11.3. The second-order valence-electron chi connectivity index (χ2n) is 4.32. The third-order valence-electron chi connectivity index (χ3n) is 3.14. The van der Waals surface area contributed by atoms with Gasteiger partial charge in [-0.1, -0.05) is 42.5 Å². The number of allylic oxidation sites excluding steroid dienone is 2. The Morgan fingerprint density at radius 2 is 2.11 bits per heavy atom. The normalized spacial score (nSPS) is 26.2. The second-order valence-corrected chi connectivity index (χ2v) is 7.45. The predicted octanol–water partition coefficient (Wildman–Crippen LogP) is 2.57. The van der Waals surface area contributed by atoms with Gasteiger partial charge in [-0.25, -0.2) is 0 Å². The van der Waals surface area contributed by atoms with Gasteiger partial charge < -0.3 is 9.30 Å². The van der Waals surface area contributed by atoms with Crippen LogP contribution in [0.15, 0.2) is 42.5 Å². The summed E-state index contributed by atoms with van der Waals surface area (Å²) in [6, 6.07) is 9.43. The van der Waals surface area contributed by atoms with Gasteiger partial charge in [0.2, 0.25) is 0 Å². The Morgan fingerprint density at radius 3 is 2.78 bits per heavy atom. The van der Waals surface area contributed by atoms with Crippen LogP contribution in [0.2, 0.25) is 0 Å². The van der Waals surface area contributed by atoms with Crippen molar-refractivity contribution in [2.24, 2.45) is 0 Å². The molecule has 0 saturated heterocycles. The summed E-state index contributed by atoms with van der Waals surface area (Å²) in [5.74, 6) is -0.273. The molecule has 0 fully saturated rings. The van der Waals surface area contributed by atoms with Crippen molar-refractivity contribution in [2.75, 3.05) is 12.8 Å². The van der Waals surface area contributed by atoms with E-state index in [2.05, 4.69) is 0 Å². The molecular weight excluding hydrogens is 247 g/mol. The van der Waals surface area contributed by atoms with Crippen molar-refractivity contribution in [1.82, 2.24) is 0 Å². The van der Waals surface area contributed by atoms with Gasteiger partial charge in [-0.15, -0.1) is 0 Å². The van der Waals surface area contributed by atoms with Crippen molar-refractivity contribution in [2.45, 2.75) is 19.0 Å². The summed E-state index contributed by atoms with van der Waals surface area (Å²) < 4.78 is 18.0. The largest absolute Gasteiger partial charge is 0.466 e. The Bertz CT molecular complexity index is 493. The zero-order valence-electron chi connectivity index (χ0n) is 10.4. The van der Waals surface area contributed by atoms with Crippen molar-refractivity contribution in [3.63, 3.8) is 0 Å². The molecule has 0 N–H and O–H groups in total. The number of ether oxygens (including phenoxy) is 1. The van der Waals surface area contributed by atoms with Crippen LogP contribution in [0.1, 0.15) is 13.3 Å². The molecule has 0 aliphatic carbocycles. The SMILES string of the molecule is CCOC(=O)C[C@@H]1C=CC[P@@]1(=O)c1ccccc1. The molecule has 1 aliphatic heterocycles. The average Bonchev–Trinajstić information content (AvgIpc) is 2.74. The van der Waals surface area contributed by atoms with E-state index < -0.39 is 7.14 Å². The molecule has 3 nitrogen and oxygen atoms in total. The summed E-state index contributed by atoms with van der Waals surface area (Å²) in [5.41, 5.74) is -0.209. The fourth-order valence-electron chi connectivity index (χ4n) is 2.23. The van der Waals surface area contributed by atoms with Gasteiger partial charge in [-0.3, -0.25) is 4.79 Å². The molecule has 0 unspecified atom stereocenters. The lowest BCUT2D eigenvalue weighted by atomic mass is 10.3. The molecule has 1 aromatic carbocycles. The van der Waals surface area contributed by atoms with E-state index in [1.807, 2.05) is 42.5 Å². The summed E-state index contributed by atoms with van der Waals surface area (Å²) in [4.78, 5) is 11.5.